The molecule has 2 aromatic rings. The van der Waals surface area contributed by atoms with Gasteiger partial charge in [0.05, 0.1) is 0 Å². The first-order valence-electron chi connectivity index (χ1n) is 6.69. The molecule has 0 spiro atoms. The summed E-state index contributed by atoms with van der Waals surface area (Å²) in [5, 5.41) is 12.8. The van der Waals surface area contributed by atoms with Gasteiger partial charge in [-0.2, -0.15) is 0 Å². The van der Waals surface area contributed by atoms with Crippen LogP contribution in [0.4, 0.5) is 0 Å². The van der Waals surface area contributed by atoms with E-state index in [0.717, 1.165) is 16.5 Å². The van der Waals surface area contributed by atoms with E-state index in [0.29, 0.717) is 12.8 Å². The minimum atomic E-state index is -1.01. The first-order valence-corrected chi connectivity index (χ1v) is 6.69. The maximum Gasteiger partial charge on any atom is 0.326 e. The Bertz CT molecular complexity index is 618. The molecule has 3 N–H and O–H groups in total. The van der Waals surface area contributed by atoms with Crippen LogP contribution < -0.4 is 5.32 Å². The standard InChI is InChI=1S/C15H18N2O3/c1-2-5-14(18)17-13(15(19)20)8-10-9-16-12-7-4-3-6-11(10)12/h3-4,6-7,9,13,16H,2,5,8H2,1H3,(H,17,18)(H,19,20)/t13-/m0/s1. The molecule has 20 heavy (non-hydrogen) atoms. The van der Waals surface area contributed by atoms with Gasteiger partial charge in [-0.05, 0) is 18.1 Å². The number of para-hydroxylation sites is 1. The van der Waals surface area contributed by atoms with Gasteiger partial charge in [0.15, 0.2) is 0 Å². The van der Waals surface area contributed by atoms with Crippen molar-refractivity contribution in [2.45, 2.75) is 32.2 Å². The Morgan fingerprint density at radius 2 is 2.10 bits per heavy atom. The number of carbonyl (C=O) groups is 2. The van der Waals surface area contributed by atoms with Gasteiger partial charge in [0, 0.05) is 29.9 Å². The summed E-state index contributed by atoms with van der Waals surface area (Å²) >= 11 is 0. The Morgan fingerprint density at radius 1 is 1.35 bits per heavy atom. The number of aliphatic carboxylic acids is 1. The number of carbonyl (C=O) groups excluding carboxylic acids is 1. The van der Waals surface area contributed by atoms with Gasteiger partial charge in [-0.1, -0.05) is 25.1 Å². The highest BCUT2D eigenvalue weighted by Crippen LogP contribution is 2.19. The van der Waals surface area contributed by atoms with Crippen molar-refractivity contribution in [3.8, 4) is 0 Å². The first-order chi connectivity index (χ1) is 9.61. The normalized spacial score (nSPS) is 12.2. The number of carboxylic acids is 1. The number of carboxylic acid groups (broad SMARTS) is 1. The molecule has 1 aromatic heterocycles. The summed E-state index contributed by atoms with van der Waals surface area (Å²) in [4.78, 5) is 25.9. The van der Waals surface area contributed by atoms with E-state index in [1.54, 1.807) is 6.20 Å². The van der Waals surface area contributed by atoms with Crippen LogP contribution in [-0.4, -0.2) is 28.0 Å². The average Bonchev–Trinajstić information content (AvgIpc) is 2.82. The topological polar surface area (TPSA) is 82.2 Å². The summed E-state index contributed by atoms with van der Waals surface area (Å²) in [6.07, 6.45) is 3.12. The van der Waals surface area contributed by atoms with Crippen LogP contribution in [0, 0.1) is 0 Å². The van der Waals surface area contributed by atoms with Gasteiger partial charge in [0.1, 0.15) is 6.04 Å². The van der Waals surface area contributed by atoms with Gasteiger partial charge in [-0.15, -0.1) is 0 Å². The molecule has 106 valence electrons. The van der Waals surface area contributed by atoms with Crippen molar-refractivity contribution in [3.05, 3.63) is 36.0 Å². The van der Waals surface area contributed by atoms with Crippen molar-refractivity contribution in [2.75, 3.05) is 0 Å². The molecule has 0 aliphatic heterocycles. The molecular weight excluding hydrogens is 256 g/mol. The van der Waals surface area contributed by atoms with Crippen molar-refractivity contribution in [3.63, 3.8) is 0 Å². The van der Waals surface area contributed by atoms with Crippen LogP contribution in [0.5, 0.6) is 0 Å². The molecular formula is C15H18N2O3. The first kappa shape index (κ1) is 14.1. The third-order valence-electron chi connectivity index (χ3n) is 3.21. The molecule has 0 aliphatic rings. The molecule has 0 saturated heterocycles. The molecule has 5 heteroatoms. The number of rotatable bonds is 6. The van der Waals surface area contributed by atoms with Gasteiger partial charge in [0.2, 0.25) is 5.91 Å². The second kappa shape index (κ2) is 6.23. The largest absolute Gasteiger partial charge is 0.480 e. The number of H-pyrrole nitrogens is 1. The van der Waals surface area contributed by atoms with Crippen LogP contribution in [-0.2, 0) is 16.0 Å². The molecule has 5 nitrogen and oxygen atoms in total. The van der Waals surface area contributed by atoms with Crippen molar-refractivity contribution < 1.29 is 14.7 Å². The van der Waals surface area contributed by atoms with Gasteiger partial charge < -0.3 is 15.4 Å². The molecule has 0 aliphatic carbocycles. The lowest BCUT2D eigenvalue weighted by molar-refractivity contribution is -0.141. The fourth-order valence-electron chi connectivity index (χ4n) is 2.21. The highest BCUT2D eigenvalue weighted by Gasteiger charge is 2.21. The maximum atomic E-state index is 11.6. The summed E-state index contributed by atoms with van der Waals surface area (Å²) < 4.78 is 0. The number of hydrogen-bond acceptors (Lipinski definition) is 2. The Labute approximate surface area is 117 Å². The van der Waals surface area contributed by atoms with Crippen molar-refractivity contribution in [1.29, 1.82) is 0 Å². The molecule has 0 saturated carbocycles. The monoisotopic (exact) mass is 274 g/mol. The van der Waals surface area contributed by atoms with Gasteiger partial charge >= 0.3 is 5.97 Å². The Hall–Kier alpha value is -2.30. The van der Waals surface area contributed by atoms with Crippen molar-refractivity contribution in [1.82, 2.24) is 10.3 Å². The summed E-state index contributed by atoms with van der Waals surface area (Å²) in [5.74, 6) is -1.24. The number of amides is 1. The number of aromatic amines is 1. The molecule has 1 heterocycles. The highest BCUT2D eigenvalue weighted by atomic mass is 16.4. The fraction of sp³-hybridized carbons (Fsp3) is 0.333. The van der Waals surface area contributed by atoms with E-state index < -0.39 is 12.0 Å². The summed E-state index contributed by atoms with van der Waals surface area (Å²) in [7, 11) is 0. The number of benzene rings is 1. The molecule has 0 bridgehead atoms. The third kappa shape index (κ3) is 3.17. The molecule has 2 rings (SSSR count). The van der Waals surface area contributed by atoms with E-state index in [1.807, 2.05) is 31.2 Å². The molecule has 1 atom stereocenters. The lowest BCUT2D eigenvalue weighted by atomic mass is 10.0. The second-order valence-electron chi connectivity index (χ2n) is 4.77. The maximum absolute atomic E-state index is 11.6. The van der Waals surface area contributed by atoms with Crippen molar-refractivity contribution in [2.24, 2.45) is 0 Å². The minimum Gasteiger partial charge on any atom is -0.480 e. The van der Waals surface area contributed by atoms with E-state index in [-0.39, 0.29) is 12.3 Å². The number of fused-ring (bicyclic) bond motifs is 1. The Morgan fingerprint density at radius 3 is 2.80 bits per heavy atom. The molecule has 0 fully saturated rings. The molecule has 1 amide bonds. The van der Waals surface area contributed by atoms with Gasteiger partial charge in [-0.25, -0.2) is 4.79 Å². The van der Waals surface area contributed by atoms with Crippen LogP contribution >= 0.6 is 0 Å². The quantitative estimate of drug-likeness (QED) is 0.754. The third-order valence-corrected chi connectivity index (χ3v) is 3.21. The predicted molar refractivity (Wildman–Crippen MR) is 76.5 cm³/mol. The van der Waals surface area contributed by atoms with Gasteiger partial charge in [-0.3, -0.25) is 4.79 Å². The van der Waals surface area contributed by atoms with Gasteiger partial charge in [0.25, 0.3) is 0 Å². The zero-order chi connectivity index (χ0) is 14.5. The van der Waals surface area contributed by atoms with Crippen LogP contribution in [0.15, 0.2) is 30.5 Å². The SMILES string of the molecule is CCCC(=O)N[C@@H](Cc1c[nH]c2ccccc12)C(=O)O. The highest BCUT2D eigenvalue weighted by molar-refractivity contribution is 5.86. The number of hydrogen-bond donors (Lipinski definition) is 3. The minimum absolute atomic E-state index is 0.222. The zero-order valence-corrected chi connectivity index (χ0v) is 11.3. The molecule has 0 radical (unpaired) electrons. The van der Waals surface area contributed by atoms with Crippen LogP contribution in [0.25, 0.3) is 10.9 Å². The van der Waals surface area contributed by atoms with Crippen molar-refractivity contribution >= 4 is 22.8 Å². The molecule has 0 unspecified atom stereocenters. The predicted octanol–water partition coefficient (Wildman–Crippen LogP) is 2.08. The van der Waals surface area contributed by atoms with Crippen LogP contribution in [0.2, 0.25) is 0 Å². The Balaban J connectivity index is 2.15. The smallest absolute Gasteiger partial charge is 0.326 e. The van der Waals surface area contributed by atoms with E-state index >= 15 is 0 Å². The van der Waals surface area contributed by atoms with E-state index in [1.165, 1.54) is 0 Å². The van der Waals surface area contributed by atoms with E-state index in [2.05, 4.69) is 10.3 Å². The fourth-order valence-corrected chi connectivity index (χ4v) is 2.21. The second-order valence-corrected chi connectivity index (χ2v) is 4.77. The molecule has 1 aromatic carbocycles. The Kier molecular flexibility index (Phi) is 4.40. The van der Waals surface area contributed by atoms with Crippen LogP contribution in [0.3, 0.4) is 0 Å². The lowest BCUT2D eigenvalue weighted by Gasteiger charge is -2.13. The number of nitrogens with one attached hydrogen (secondary N) is 2. The van der Waals surface area contributed by atoms with E-state index in [4.69, 9.17) is 0 Å². The summed E-state index contributed by atoms with van der Waals surface area (Å²) in [5.41, 5.74) is 1.86. The number of aromatic nitrogens is 1. The zero-order valence-electron chi connectivity index (χ0n) is 11.3. The average molecular weight is 274 g/mol. The summed E-state index contributed by atoms with van der Waals surface area (Å²) in [6, 6.07) is 6.80. The van der Waals surface area contributed by atoms with E-state index in [9.17, 15) is 14.7 Å². The summed E-state index contributed by atoms with van der Waals surface area (Å²) in [6.45, 7) is 1.88. The van der Waals surface area contributed by atoms with Crippen LogP contribution in [0.1, 0.15) is 25.3 Å². The lowest BCUT2D eigenvalue weighted by Crippen LogP contribution is -2.42.